The highest BCUT2D eigenvalue weighted by Crippen LogP contribution is 2.34. The smallest absolute Gasteiger partial charge is 0.149 e. The summed E-state index contributed by atoms with van der Waals surface area (Å²) in [6.45, 7) is 0. The van der Waals surface area contributed by atoms with Crippen LogP contribution in [0.2, 0.25) is 5.02 Å². The first-order valence-electron chi connectivity index (χ1n) is 5.19. The van der Waals surface area contributed by atoms with E-state index in [-0.39, 0.29) is 15.1 Å². The first-order valence-corrected chi connectivity index (χ1v) is 6.36. The number of benzene rings is 2. The summed E-state index contributed by atoms with van der Waals surface area (Å²) in [7, 11) is 0. The summed E-state index contributed by atoms with van der Waals surface area (Å²) in [5, 5.41) is 9.70. The van der Waals surface area contributed by atoms with Crippen LogP contribution < -0.4 is 0 Å². The largest absolute Gasteiger partial charge is 0.383 e. The van der Waals surface area contributed by atoms with E-state index in [9.17, 15) is 18.3 Å². The Kier molecular flexibility index (Phi) is 4.18. The van der Waals surface area contributed by atoms with Gasteiger partial charge in [-0.15, -0.1) is 0 Å². The van der Waals surface area contributed by atoms with Crippen molar-refractivity contribution in [2.75, 3.05) is 0 Å². The lowest BCUT2D eigenvalue weighted by molar-refractivity contribution is 0.204. The molecule has 0 aromatic heterocycles. The molecule has 1 atom stereocenters. The number of aliphatic hydroxyl groups excluding tert-OH is 1. The van der Waals surface area contributed by atoms with Crippen LogP contribution in [0, 0.1) is 17.5 Å². The summed E-state index contributed by atoms with van der Waals surface area (Å²) in [6, 6.07) is 5.73. The van der Waals surface area contributed by atoms with Crippen LogP contribution >= 0.6 is 27.5 Å². The zero-order valence-corrected chi connectivity index (χ0v) is 11.6. The van der Waals surface area contributed by atoms with Gasteiger partial charge in [0, 0.05) is 10.0 Å². The quantitative estimate of drug-likeness (QED) is 0.784. The number of hydrogen-bond donors (Lipinski definition) is 1. The molecule has 0 aliphatic heterocycles. The van der Waals surface area contributed by atoms with Crippen LogP contribution in [-0.2, 0) is 0 Å². The zero-order chi connectivity index (χ0) is 14.2. The molecule has 1 nitrogen and oxygen atoms in total. The van der Waals surface area contributed by atoms with Crippen LogP contribution in [0.5, 0.6) is 0 Å². The fraction of sp³-hybridized carbons (Fsp3) is 0.0769. The lowest BCUT2D eigenvalue weighted by atomic mass is 10.00. The van der Waals surface area contributed by atoms with Gasteiger partial charge in [-0.25, -0.2) is 13.2 Å². The molecule has 0 spiro atoms. The van der Waals surface area contributed by atoms with E-state index in [1.54, 1.807) is 0 Å². The number of halogens is 5. The van der Waals surface area contributed by atoms with Crippen LogP contribution in [0.25, 0.3) is 0 Å². The van der Waals surface area contributed by atoms with E-state index in [2.05, 4.69) is 15.9 Å². The summed E-state index contributed by atoms with van der Waals surface area (Å²) < 4.78 is 41.3. The number of rotatable bonds is 2. The van der Waals surface area contributed by atoms with E-state index in [0.717, 1.165) is 18.2 Å². The molecule has 19 heavy (non-hydrogen) atoms. The van der Waals surface area contributed by atoms with Gasteiger partial charge in [0.05, 0.1) is 10.6 Å². The van der Waals surface area contributed by atoms with E-state index in [0.29, 0.717) is 0 Å². The van der Waals surface area contributed by atoms with Crippen molar-refractivity contribution >= 4 is 27.5 Å². The maximum absolute atomic E-state index is 13.9. The van der Waals surface area contributed by atoms with Crippen molar-refractivity contribution in [2.45, 2.75) is 6.10 Å². The van der Waals surface area contributed by atoms with Crippen LogP contribution in [0.15, 0.2) is 34.8 Å². The van der Waals surface area contributed by atoms with Gasteiger partial charge >= 0.3 is 0 Å². The predicted molar refractivity (Wildman–Crippen MR) is 69.5 cm³/mol. The topological polar surface area (TPSA) is 20.2 Å². The van der Waals surface area contributed by atoms with Gasteiger partial charge in [0.2, 0.25) is 0 Å². The van der Waals surface area contributed by atoms with E-state index in [1.165, 1.54) is 12.1 Å². The molecule has 6 heteroatoms. The highest BCUT2D eigenvalue weighted by atomic mass is 79.9. The standard InChI is InChI=1S/C13H7BrClF3O/c14-7-5-4-6(12(18)11(7)15)13(19)10-8(16)2-1-3-9(10)17/h1-5,13,19H. The second-order valence-corrected chi connectivity index (χ2v) is 5.03. The summed E-state index contributed by atoms with van der Waals surface area (Å²) in [5.74, 6) is -2.83. The Morgan fingerprint density at radius 2 is 1.63 bits per heavy atom. The van der Waals surface area contributed by atoms with E-state index >= 15 is 0 Å². The van der Waals surface area contributed by atoms with Gasteiger partial charge in [0.25, 0.3) is 0 Å². The van der Waals surface area contributed by atoms with Crippen LogP contribution in [0.4, 0.5) is 13.2 Å². The fourth-order valence-electron chi connectivity index (χ4n) is 1.68. The molecule has 0 fully saturated rings. The Morgan fingerprint density at radius 1 is 1.05 bits per heavy atom. The van der Waals surface area contributed by atoms with Crippen molar-refractivity contribution in [3.63, 3.8) is 0 Å². The normalized spacial score (nSPS) is 12.5. The molecule has 0 radical (unpaired) electrons. The third-order valence-electron chi connectivity index (χ3n) is 2.63. The lowest BCUT2D eigenvalue weighted by Crippen LogP contribution is -2.08. The van der Waals surface area contributed by atoms with Crippen LogP contribution in [0.1, 0.15) is 17.2 Å². The summed E-state index contributed by atoms with van der Waals surface area (Å²) in [4.78, 5) is 0. The Morgan fingerprint density at radius 3 is 2.21 bits per heavy atom. The van der Waals surface area contributed by atoms with Gasteiger partial charge in [0.15, 0.2) is 0 Å². The molecule has 1 unspecified atom stereocenters. The molecule has 0 aliphatic carbocycles. The average molecular weight is 352 g/mol. The molecule has 0 amide bonds. The summed E-state index contributed by atoms with van der Waals surface area (Å²) in [5.41, 5.74) is -0.906. The predicted octanol–water partition coefficient (Wildman–Crippen LogP) is 4.60. The minimum atomic E-state index is -1.77. The molecular weight excluding hydrogens is 344 g/mol. The van der Waals surface area contributed by atoms with E-state index in [1.807, 2.05) is 0 Å². The van der Waals surface area contributed by atoms with Crippen molar-refractivity contribution in [3.8, 4) is 0 Å². The molecule has 100 valence electrons. The highest BCUT2D eigenvalue weighted by Gasteiger charge is 2.24. The fourth-order valence-corrected chi connectivity index (χ4v) is 2.16. The third kappa shape index (κ3) is 2.63. The molecule has 0 aliphatic rings. The van der Waals surface area contributed by atoms with Gasteiger partial charge in [-0.1, -0.05) is 23.7 Å². The number of aliphatic hydroxyl groups is 1. The van der Waals surface area contributed by atoms with Crippen LogP contribution in [0.3, 0.4) is 0 Å². The lowest BCUT2D eigenvalue weighted by Gasteiger charge is -2.15. The van der Waals surface area contributed by atoms with Gasteiger partial charge in [-0.3, -0.25) is 0 Å². The molecule has 2 aromatic carbocycles. The zero-order valence-electron chi connectivity index (χ0n) is 9.30. The Bertz CT molecular complexity index is 613. The van der Waals surface area contributed by atoms with Gasteiger partial charge in [-0.05, 0) is 34.1 Å². The SMILES string of the molecule is OC(c1ccc(Br)c(Cl)c1F)c1c(F)cccc1F. The van der Waals surface area contributed by atoms with Gasteiger partial charge in [-0.2, -0.15) is 0 Å². The van der Waals surface area contributed by atoms with Gasteiger partial charge in [0.1, 0.15) is 23.6 Å². The Labute approximate surface area is 120 Å². The maximum atomic E-state index is 13.9. The van der Waals surface area contributed by atoms with Crippen molar-refractivity contribution in [2.24, 2.45) is 0 Å². The molecule has 0 heterocycles. The average Bonchev–Trinajstić information content (AvgIpc) is 2.35. The van der Waals surface area contributed by atoms with E-state index < -0.39 is 29.1 Å². The highest BCUT2D eigenvalue weighted by molar-refractivity contribution is 9.10. The monoisotopic (exact) mass is 350 g/mol. The molecule has 2 aromatic rings. The minimum Gasteiger partial charge on any atom is -0.383 e. The molecule has 0 saturated heterocycles. The second-order valence-electron chi connectivity index (χ2n) is 3.80. The summed E-state index contributed by atoms with van der Waals surface area (Å²) in [6.07, 6.45) is -1.77. The van der Waals surface area contributed by atoms with Crippen molar-refractivity contribution in [1.29, 1.82) is 0 Å². The second kappa shape index (κ2) is 5.53. The van der Waals surface area contributed by atoms with Gasteiger partial charge < -0.3 is 5.11 Å². The number of hydrogen-bond acceptors (Lipinski definition) is 1. The van der Waals surface area contributed by atoms with Crippen molar-refractivity contribution in [3.05, 3.63) is 68.4 Å². The summed E-state index contributed by atoms with van der Waals surface area (Å²) >= 11 is 8.69. The van der Waals surface area contributed by atoms with Crippen LogP contribution in [-0.4, -0.2) is 5.11 Å². The molecule has 2 rings (SSSR count). The third-order valence-corrected chi connectivity index (χ3v) is 3.89. The minimum absolute atomic E-state index is 0.256. The van der Waals surface area contributed by atoms with Crippen molar-refractivity contribution in [1.82, 2.24) is 0 Å². The maximum Gasteiger partial charge on any atom is 0.149 e. The molecule has 0 saturated carbocycles. The van der Waals surface area contributed by atoms with E-state index in [4.69, 9.17) is 11.6 Å². The molecule has 0 bridgehead atoms. The van der Waals surface area contributed by atoms with Crippen molar-refractivity contribution < 1.29 is 18.3 Å². The Balaban J connectivity index is 2.57. The first-order chi connectivity index (χ1) is 8.93. The Hall–Kier alpha value is -1.04. The molecular formula is C13H7BrClF3O. The first kappa shape index (κ1) is 14.4. The molecule has 1 N–H and O–H groups in total.